The average Bonchev–Trinajstić information content (AvgIpc) is 2.37. The number of ether oxygens (including phenoxy) is 1. The number of nitrogens with zero attached hydrogens (tertiary/aromatic N) is 2. The molecule has 1 aliphatic heterocycles. The van der Waals surface area contributed by atoms with Crippen LogP contribution in [0.2, 0.25) is 0 Å². The predicted octanol–water partition coefficient (Wildman–Crippen LogP) is 1.77. The first-order valence-electron chi connectivity index (χ1n) is 5.24. The first-order valence-corrected chi connectivity index (χ1v) is 6.42. The Morgan fingerprint density at radius 2 is 2.22 bits per heavy atom. The summed E-state index contributed by atoms with van der Waals surface area (Å²) in [6.07, 6.45) is 1.23. The van der Waals surface area contributed by atoms with Crippen LogP contribution < -0.4 is 0 Å². The van der Waals surface area contributed by atoms with Gasteiger partial charge in [0.25, 0.3) is 11.6 Å². The SMILES string of the molecule is CO[C@H]1C(=O)N(SC)[C@H]1c1cccc([N+](=O)[O-])c1. The van der Waals surface area contributed by atoms with E-state index in [4.69, 9.17) is 4.74 Å². The molecule has 0 radical (unpaired) electrons. The van der Waals surface area contributed by atoms with E-state index in [1.165, 1.54) is 31.2 Å². The van der Waals surface area contributed by atoms with E-state index in [9.17, 15) is 14.9 Å². The van der Waals surface area contributed by atoms with E-state index in [-0.39, 0.29) is 17.6 Å². The highest BCUT2D eigenvalue weighted by Crippen LogP contribution is 2.41. The van der Waals surface area contributed by atoms with E-state index in [1.54, 1.807) is 22.7 Å². The normalized spacial score (nSPS) is 22.8. The zero-order chi connectivity index (χ0) is 13.3. The molecule has 2 rings (SSSR count). The summed E-state index contributed by atoms with van der Waals surface area (Å²) in [5.41, 5.74) is 0.729. The molecule has 1 saturated heterocycles. The summed E-state index contributed by atoms with van der Waals surface area (Å²) >= 11 is 1.29. The van der Waals surface area contributed by atoms with E-state index in [2.05, 4.69) is 0 Å². The molecule has 0 aliphatic carbocycles. The fourth-order valence-electron chi connectivity index (χ4n) is 2.00. The molecule has 1 heterocycles. The average molecular weight is 268 g/mol. The Morgan fingerprint density at radius 3 is 2.78 bits per heavy atom. The molecule has 96 valence electrons. The van der Waals surface area contributed by atoms with E-state index in [0.717, 1.165) is 0 Å². The molecule has 0 saturated carbocycles. The van der Waals surface area contributed by atoms with Crippen molar-refractivity contribution < 1.29 is 14.5 Å². The number of carbonyl (C=O) groups excluding carboxylic acids is 1. The second kappa shape index (κ2) is 4.95. The first kappa shape index (κ1) is 12.8. The highest BCUT2D eigenvalue weighted by atomic mass is 32.2. The van der Waals surface area contributed by atoms with Gasteiger partial charge in [0.2, 0.25) is 0 Å². The van der Waals surface area contributed by atoms with Gasteiger partial charge in [-0.2, -0.15) is 0 Å². The number of carbonyl (C=O) groups is 1. The quantitative estimate of drug-likeness (QED) is 0.360. The van der Waals surface area contributed by atoms with E-state index < -0.39 is 11.0 Å². The van der Waals surface area contributed by atoms with Gasteiger partial charge in [0.15, 0.2) is 6.10 Å². The number of amides is 1. The van der Waals surface area contributed by atoms with Crippen molar-refractivity contribution in [1.29, 1.82) is 0 Å². The van der Waals surface area contributed by atoms with Crippen molar-refractivity contribution in [3.8, 4) is 0 Å². The Bertz CT molecular complexity index is 480. The first-order chi connectivity index (χ1) is 8.60. The van der Waals surface area contributed by atoms with Gasteiger partial charge in [0, 0.05) is 25.5 Å². The summed E-state index contributed by atoms with van der Waals surface area (Å²) in [5, 5.41) is 10.7. The maximum atomic E-state index is 11.7. The summed E-state index contributed by atoms with van der Waals surface area (Å²) in [5.74, 6) is -0.110. The van der Waals surface area contributed by atoms with Gasteiger partial charge in [0.1, 0.15) is 6.04 Å². The van der Waals surface area contributed by atoms with Gasteiger partial charge in [-0.1, -0.05) is 24.1 Å². The Morgan fingerprint density at radius 1 is 1.50 bits per heavy atom. The summed E-state index contributed by atoms with van der Waals surface area (Å²) in [4.78, 5) is 22.0. The van der Waals surface area contributed by atoms with Gasteiger partial charge >= 0.3 is 0 Å². The van der Waals surface area contributed by atoms with Crippen LogP contribution in [0.5, 0.6) is 0 Å². The molecule has 1 aliphatic rings. The van der Waals surface area contributed by atoms with Crippen molar-refractivity contribution >= 4 is 23.5 Å². The van der Waals surface area contributed by atoms with Crippen molar-refractivity contribution in [2.75, 3.05) is 13.4 Å². The number of hydrogen-bond acceptors (Lipinski definition) is 5. The Hall–Kier alpha value is -1.60. The van der Waals surface area contributed by atoms with Crippen LogP contribution in [0.3, 0.4) is 0 Å². The summed E-state index contributed by atoms with van der Waals surface area (Å²) in [7, 11) is 1.46. The standard InChI is InChI=1S/C11H12N2O4S/c1-17-10-9(12(18-2)11(10)14)7-4-3-5-8(6-7)13(15)16/h3-6,9-10H,1-2H3/t9-,10+/m0/s1. The molecule has 2 atom stereocenters. The van der Waals surface area contributed by atoms with Crippen LogP contribution in [0.1, 0.15) is 11.6 Å². The van der Waals surface area contributed by atoms with Crippen LogP contribution in [0.4, 0.5) is 5.69 Å². The largest absolute Gasteiger partial charge is 0.369 e. The number of benzene rings is 1. The fraction of sp³-hybridized carbons (Fsp3) is 0.364. The molecule has 0 unspecified atom stereocenters. The summed E-state index contributed by atoms with van der Waals surface area (Å²) in [6.45, 7) is 0. The zero-order valence-electron chi connectivity index (χ0n) is 9.90. The van der Waals surface area contributed by atoms with Crippen molar-refractivity contribution in [3.05, 3.63) is 39.9 Å². The lowest BCUT2D eigenvalue weighted by Gasteiger charge is -2.44. The topological polar surface area (TPSA) is 72.7 Å². The van der Waals surface area contributed by atoms with Gasteiger partial charge in [0.05, 0.1) is 4.92 Å². The van der Waals surface area contributed by atoms with Crippen LogP contribution in [0, 0.1) is 10.1 Å². The molecule has 18 heavy (non-hydrogen) atoms. The molecule has 1 fully saturated rings. The number of nitro benzene ring substituents is 1. The molecule has 7 heteroatoms. The Balaban J connectivity index is 2.32. The fourth-order valence-corrected chi connectivity index (χ4v) is 2.75. The van der Waals surface area contributed by atoms with E-state index >= 15 is 0 Å². The third-order valence-corrected chi connectivity index (χ3v) is 3.67. The number of nitro groups is 1. The lowest BCUT2D eigenvalue weighted by molar-refractivity contribution is -0.385. The molecule has 6 nitrogen and oxygen atoms in total. The smallest absolute Gasteiger partial charge is 0.269 e. The highest BCUT2D eigenvalue weighted by molar-refractivity contribution is 7.96. The molecular formula is C11H12N2O4S. The van der Waals surface area contributed by atoms with Crippen LogP contribution in [-0.4, -0.2) is 34.6 Å². The Labute approximate surface area is 108 Å². The van der Waals surface area contributed by atoms with Gasteiger partial charge in [-0.3, -0.25) is 19.2 Å². The number of rotatable bonds is 4. The van der Waals surface area contributed by atoms with Gasteiger partial charge in [-0.15, -0.1) is 0 Å². The second-order valence-electron chi connectivity index (χ2n) is 3.80. The van der Waals surface area contributed by atoms with Gasteiger partial charge in [-0.05, 0) is 5.56 Å². The molecule has 0 aromatic heterocycles. The van der Waals surface area contributed by atoms with Gasteiger partial charge in [-0.25, -0.2) is 0 Å². The van der Waals surface area contributed by atoms with E-state index in [1.807, 2.05) is 0 Å². The molecule has 0 N–H and O–H groups in total. The molecule has 1 aromatic carbocycles. The molecule has 0 bridgehead atoms. The van der Waals surface area contributed by atoms with Crippen molar-refractivity contribution in [2.45, 2.75) is 12.1 Å². The lowest BCUT2D eigenvalue weighted by atomic mass is 9.93. The monoisotopic (exact) mass is 268 g/mol. The van der Waals surface area contributed by atoms with Crippen molar-refractivity contribution in [2.24, 2.45) is 0 Å². The number of β-lactam (4-membered cyclic amide) rings is 1. The summed E-state index contributed by atoms with van der Waals surface area (Å²) < 4.78 is 6.69. The number of hydrogen-bond donors (Lipinski definition) is 0. The number of methoxy groups -OCH3 is 1. The highest BCUT2D eigenvalue weighted by Gasteiger charge is 2.48. The van der Waals surface area contributed by atoms with E-state index in [0.29, 0.717) is 5.56 Å². The van der Waals surface area contributed by atoms with Crippen molar-refractivity contribution in [3.63, 3.8) is 0 Å². The zero-order valence-corrected chi connectivity index (χ0v) is 10.7. The lowest BCUT2D eigenvalue weighted by Crippen LogP contribution is -2.55. The van der Waals surface area contributed by atoms with Crippen molar-refractivity contribution in [1.82, 2.24) is 4.31 Å². The van der Waals surface area contributed by atoms with Crippen LogP contribution in [0.25, 0.3) is 0 Å². The third kappa shape index (κ3) is 1.95. The van der Waals surface area contributed by atoms with Crippen LogP contribution in [0.15, 0.2) is 24.3 Å². The Kier molecular flexibility index (Phi) is 3.53. The number of non-ortho nitro benzene ring substituents is 1. The molecule has 1 amide bonds. The molecule has 0 spiro atoms. The minimum Gasteiger partial charge on any atom is -0.369 e. The second-order valence-corrected chi connectivity index (χ2v) is 4.56. The molecular weight excluding hydrogens is 256 g/mol. The molecule has 1 aromatic rings. The predicted molar refractivity (Wildman–Crippen MR) is 67.0 cm³/mol. The minimum atomic E-state index is -0.556. The van der Waals surface area contributed by atoms with Crippen LogP contribution >= 0.6 is 11.9 Å². The van der Waals surface area contributed by atoms with Crippen LogP contribution in [-0.2, 0) is 9.53 Å². The van der Waals surface area contributed by atoms with Gasteiger partial charge < -0.3 is 4.74 Å². The summed E-state index contributed by atoms with van der Waals surface area (Å²) in [6, 6.07) is 6.01. The maximum absolute atomic E-state index is 11.7. The minimum absolute atomic E-state index is 0.0164. The maximum Gasteiger partial charge on any atom is 0.269 e. The third-order valence-electron chi connectivity index (χ3n) is 2.87.